The number of carbonyl (C=O) groups is 1. The maximum atomic E-state index is 12.1. The molecule has 3 heterocycles. The summed E-state index contributed by atoms with van der Waals surface area (Å²) in [4.78, 5) is 15.8. The first kappa shape index (κ1) is 21.5. The van der Waals surface area contributed by atoms with Crippen molar-refractivity contribution in [3.05, 3.63) is 51.6 Å². The third-order valence-electron chi connectivity index (χ3n) is 5.64. The van der Waals surface area contributed by atoms with E-state index in [1.165, 1.54) is 11.9 Å². The second-order valence-corrected chi connectivity index (χ2v) is 10.0. The Morgan fingerprint density at radius 1 is 1.31 bits per heavy atom. The molecular formula is C22H19BrClN5O2S. The van der Waals surface area contributed by atoms with Gasteiger partial charge in [-0.3, -0.25) is 4.79 Å². The molecule has 5 rings (SSSR count). The van der Waals surface area contributed by atoms with Crippen molar-refractivity contribution in [2.24, 2.45) is 7.05 Å². The molecule has 2 aromatic heterocycles. The highest BCUT2D eigenvalue weighted by Gasteiger charge is 2.33. The Balaban J connectivity index is 1.69. The highest BCUT2D eigenvalue weighted by molar-refractivity contribution is 9.10. The van der Waals surface area contributed by atoms with Gasteiger partial charge in [-0.25, -0.2) is 0 Å². The molecule has 0 spiro atoms. The highest BCUT2D eigenvalue weighted by Crippen LogP contribution is 2.49. The smallest absolute Gasteiger partial charge is 0.306 e. The Kier molecular flexibility index (Phi) is 5.73. The minimum Gasteiger partial charge on any atom is -0.469 e. The normalized spacial score (nSPS) is 15.3. The molecule has 0 aliphatic carbocycles. The minimum absolute atomic E-state index is 0.0923. The molecular weight excluding hydrogens is 514 g/mol. The Morgan fingerprint density at radius 2 is 2.09 bits per heavy atom. The van der Waals surface area contributed by atoms with Crippen LogP contribution in [0.5, 0.6) is 0 Å². The van der Waals surface area contributed by atoms with Crippen LogP contribution in [-0.4, -0.2) is 37.9 Å². The molecule has 164 valence electrons. The van der Waals surface area contributed by atoms with Gasteiger partial charge >= 0.3 is 5.97 Å². The van der Waals surface area contributed by atoms with Crippen LogP contribution in [0.1, 0.15) is 24.5 Å². The lowest BCUT2D eigenvalue weighted by Gasteiger charge is -2.12. The van der Waals surface area contributed by atoms with Gasteiger partial charge in [0.25, 0.3) is 0 Å². The number of hydrogen-bond donors (Lipinski definition) is 0. The Bertz CT molecular complexity index is 1330. The first-order chi connectivity index (χ1) is 15.4. The number of aryl methyl sites for hydroxylation is 2. The predicted molar refractivity (Wildman–Crippen MR) is 127 cm³/mol. The first-order valence-corrected chi connectivity index (χ1v) is 12.0. The fourth-order valence-electron chi connectivity index (χ4n) is 4.21. The number of benzene rings is 2. The van der Waals surface area contributed by atoms with Gasteiger partial charge in [0, 0.05) is 48.4 Å². The van der Waals surface area contributed by atoms with Crippen molar-refractivity contribution in [1.29, 1.82) is 0 Å². The van der Waals surface area contributed by atoms with E-state index in [1.54, 1.807) is 18.8 Å². The Hall–Kier alpha value is -2.36. The summed E-state index contributed by atoms with van der Waals surface area (Å²) in [5, 5.41) is 14.3. The number of aromatic nitrogens is 5. The standard InChI is InChI=1S/C22H19BrClN5O2S/c1-28-26-22(25-27-28)13-9-16(23)19-17(10-13)29-8-7-12(11-18(30)31-2)20(29)21(19)32-15-5-3-14(24)4-6-15/h3-6,9-10,12H,7-8,11H2,1-2H3. The Labute approximate surface area is 202 Å². The van der Waals surface area contributed by atoms with Crippen LogP contribution < -0.4 is 0 Å². The van der Waals surface area contributed by atoms with Gasteiger partial charge in [-0.1, -0.05) is 39.3 Å². The van der Waals surface area contributed by atoms with E-state index in [1.807, 2.05) is 30.3 Å². The summed E-state index contributed by atoms with van der Waals surface area (Å²) in [6.07, 6.45) is 1.25. The lowest BCUT2D eigenvalue weighted by molar-refractivity contribution is -0.141. The van der Waals surface area contributed by atoms with Crippen LogP contribution in [0.2, 0.25) is 5.02 Å². The first-order valence-electron chi connectivity index (χ1n) is 10.0. The predicted octanol–water partition coefficient (Wildman–Crippen LogP) is 5.45. The van der Waals surface area contributed by atoms with Crippen LogP contribution in [0.4, 0.5) is 0 Å². The van der Waals surface area contributed by atoms with Crippen LogP contribution in [0, 0.1) is 0 Å². The number of halogens is 2. The molecule has 1 aliphatic heterocycles. The van der Waals surface area contributed by atoms with Gasteiger partial charge < -0.3 is 9.30 Å². The fourth-order valence-corrected chi connectivity index (χ4v) is 6.33. The van der Waals surface area contributed by atoms with Crippen molar-refractivity contribution in [3.8, 4) is 11.4 Å². The van der Waals surface area contributed by atoms with Crippen LogP contribution in [0.15, 0.2) is 50.7 Å². The summed E-state index contributed by atoms with van der Waals surface area (Å²) >= 11 is 11.6. The molecule has 7 nitrogen and oxygen atoms in total. The average Bonchev–Trinajstić information content (AvgIpc) is 3.46. The summed E-state index contributed by atoms with van der Waals surface area (Å²) in [6.45, 7) is 0.832. The van der Waals surface area contributed by atoms with E-state index >= 15 is 0 Å². The summed E-state index contributed by atoms with van der Waals surface area (Å²) in [6, 6.07) is 11.9. The number of methoxy groups -OCH3 is 1. The van der Waals surface area contributed by atoms with Crippen molar-refractivity contribution >= 4 is 56.2 Å². The van der Waals surface area contributed by atoms with Gasteiger partial charge in [0.15, 0.2) is 0 Å². The number of esters is 1. The molecule has 1 unspecified atom stereocenters. The summed E-state index contributed by atoms with van der Waals surface area (Å²) < 4.78 is 8.23. The number of rotatable bonds is 5. The van der Waals surface area contributed by atoms with Gasteiger partial charge in [0.2, 0.25) is 5.82 Å². The van der Waals surface area contributed by atoms with Crippen LogP contribution in [0.3, 0.4) is 0 Å². The largest absolute Gasteiger partial charge is 0.469 e. The molecule has 1 atom stereocenters. The van der Waals surface area contributed by atoms with Crippen molar-refractivity contribution in [1.82, 2.24) is 24.8 Å². The molecule has 0 radical (unpaired) electrons. The van der Waals surface area contributed by atoms with Crippen molar-refractivity contribution in [3.63, 3.8) is 0 Å². The van der Waals surface area contributed by atoms with Crippen LogP contribution in [-0.2, 0) is 23.1 Å². The summed E-state index contributed by atoms with van der Waals surface area (Å²) in [7, 11) is 3.18. The third-order valence-corrected chi connectivity index (χ3v) is 7.64. The third kappa shape index (κ3) is 3.82. The van der Waals surface area contributed by atoms with E-state index in [0.29, 0.717) is 17.3 Å². The molecule has 0 bridgehead atoms. The number of hydrogen-bond acceptors (Lipinski definition) is 6. The topological polar surface area (TPSA) is 74.8 Å². The molecule has 2 aromatic carbocycles. The van der Waals surface area contributed by atoms with E-state index < -0.39 is 0 Å². The molecule has 4 aromatic rings. The number of ether oxygens (including phenoxy) is 1. The van der Waals surface area contributed by atoms with Gasteiger partial charge in [-0.2, -0.15) is 4.80 Å². The number of nitrogens with zero attached hydrogens (tertiary/aromatic N) is 5. The van der Waals surface area contributed by atoms with E-state index in [-0.39, 0.29) is 11.9 Å². The van der Waals surface area contributed by atoms with Crippen LogP contribution >= 0.6 is 39.3 Å². The lowest BCUT2D eigenvalue weighted by atomic mass is 10.00. The maximum absolute atomic E-state index is 12.1. The second kappa shape index (κ2) is 8.53. The average molecular weight is 533 g/mol. The molecule has 10 heteroatoms. The number of fused-ring (bicyclic) bond motifs is 3. The monoisotopic (exact) mass is 531 g/mol. The van der Waals surface area contributed by atoms with E-state index in [9.17, 15) is 4.79 Å². The highest BCUT2D eigenvalue weighted by atomic mass is 79.9. The zero-order valence-corrected chi connectivity index (χ0v) is 20.5. The molecule has 1 aliphatic rings. The summed E-state index contributed by atoms with van der Waals surface area (Å²) in [5.74, 6) is 0.468. The molecule has 0 fully saturated rings. The van der Waals surface area contributed by atoms with Gasteiger partial charge in [-0.05, 0) is 48.0 Å². The number of carbonyl (C=O) groups excluding carboxylic acids is 1. The van der Waals surface area contributed by atoms with Gasteiger partial charge in [0.1, 0.15) is 0 Å². The summed E-state index contributed by atoms with van der Waals surface area (Å²) in [5.41, 5.74) is 3.13. The van der Waals surface area contributed by atoms with E-state index in [4.69, 9.17) is 16.3 Å². The number of tetrazole rings is 1. The van der Waals surface area contributed by atoms with E-state index in [2.05, 4.69) is 42.0 Å². The molecule has 32 heavy (non-hydrogen) atoms. The molecule has 0 saturated heterocycles. The zero-order chi connectivity index (χ0) is 22.4. The lowest BCUT2D eigenvalue weighted by Crippen LogP contribution is -2.07. The molecule has 0 saturated carbocycles. The quantitative estimate of drug-likeness (QED) is 0.318. The van der Waals surface area contributed by atoms with E-state index in [0.717, 1.165) is 49.4 Å². The zero-order valence-electron chi connectivity index (χ0n) is 17.4. The molecule has 0 amide bonds. The Morgan fingerprint density at radius 3 is 2.78 bits per heavy atom. The van der Waals surface area contributed by atoms with Crippen LogP contribution in [0.25, 0.3) is 22.3 Å². The van der Waals surface area contributed by atoms with Crippen molar-refractivity contribution < 1.29 is 9.53 Å². The SMILES string of the molecule is COC(=O)CC1CCn2c1c(Sc1ccc(Cl)cc1)c1c(Br)cc(-c3nnn(C)n3)cc12. The van der Waals surface area contributed by atoms with Gasteiger partial charge in [0.05, 0.1) is 26.1 Å². The molecule has 0 N–H and O–H groups in total. The fraction of sp³-hybridized carbons (Fsp3) is 0.273. The van der Waals surface area contributed by atoms with Gasteiger partial charge in [-0.15, -0.1) is 10.2 Å². The maximum Gasteiger partial charge on any atom is 0.306 e. The van der Waals surface area contributed by atoms with Crippen molar-refractivity contribution in [2.45, 2.75) is 35.1 Å². The second-order valence-electron chi connectivity index (χ2n) is 7.64. The minimum atomic E-state index is -0.195. The van der Waals surface area contributed by atoms with Crippen molar-refractivity contribution in [2.75, 3.05) is 7.11 Å².